The summed E-state index contributed by atoms with van der Waals surface area (Å²) in [6, 6.07) is 0. The van der Waals surface area contributed by atoms with Crippen molar-refractivity contribution in [2.24, 2.45) is 5.41 Å². The van der Waals surface area contributed by atoms with Crippen LogP contribution >= 0.6 is 0 Å². The Hall–Kier alpha value is -0.0900. The predicted octanol–water partition coefficient (Wildman–Crippen LogP) is 1.15. The minimum atomic E-state index is -3.26. The van der Waals surface area contributed by atoms with E-state index < -0.39 is 15.7 Å². The van der Waals surface area contributed by atoms with Crippen molar-refractivity contribution in [1.82, 2.24) is 0 Å². The fourth-order valence-electron chi connectivity index (χ4n) is 1.08. The third kappa shape index (κ3) is 1.42. The van der Waals surface area contributed by atoms with Gasteiger partial charge in [0.2, 0.25) is 0 Å². The molecule has 11 heavy (non-hydrogen) atoms. The van der Waals surface area contributed by atoms with Gasteiger partial charge in [0.25, 0.3) is 10.1 Å². The van der Waals surface area contributed by atoms with E-state index in [0.717, 1.165) is 0 Å². The van der Waals surface area contributed by atoms with E-state index in [4.69, 9.17) is 4.18 Å². The van der Waals surface area contributed by atoms with Gasteiger partial charge >= 0.3 is 0 Å². The van der Waals surface area contributed by atoms with Crippen LogP contribution in [0.5, 0.6) is 0 Å². The van der Waals surface area contributed by atoms with Crippen molar-refractivity contribution in [3.8, 4) is 0 Å². The minimum absolute atomic E-state index is 0.118. The van der Waals surface area contributed by atoms with Crippen molar-refractivity contribution in [3.63, 3.8) is 0 Å². The summed E-state index contributed by atoms with van der Waals surface area (Å²) in [5, 5.41) is 0. The fraction of sp³-hybridized carbons (Fsp3) is 1.00. The SMILES string of the molecule is CC1(C)CS(=O)(=O)OC1(C)C. The van der Waals surface area contributed by atoms with E-state index in [0.29, 0.717) is 0 Å². The summed E-state index contributed by atoms with van der Waals surface area (Å²) in [5.41, 5.74) is -0.850. The van der Waals surface area contributed by atoms with E-state index >= 15 is 0 Å². The molecule has 0 unspecified atom stereocenters. The Morgan fingerprint density at radius 1 is 1.18 bits per heavy atom. The van der Waals surface area contributed by atoms with Crippen LogP contribution in [0.15, 0.2) is 0 Å². The Morgan fingerprint density at radius 2 is 1.64 bits per heavy atom. The van der Waals surface area contributed by atoms with Gasteiger partial charge in [0.1, 0.15) is 0 Å². The molecule has 66 valence electrons. The van der Waals surface area contributed by atoms with Gasteiger partial charge in [0, 0.05) is 5.41 Å². The first-order valence-electron chi connectivity index (χ1n) is 3.60. The van der Waals surface area contributed by atoms with Gasteiger partial charge < -0.3 is 0 Å². The zero-order chi connectivity index (χ0) is 8.91. The summed E-state index contributed by atoms with van der Waals surface area (Å²) in [7, 11) is -3.26. The van der Waals surface area contributed by atoms with Crippen molar-refractivity contribution in [2.75, 3.05) is 5.75 Å². The Kier molecular flexibility index (Phi) is 1.62. The highest BCUT2D eigenvalue weighted by atomic mass is 32.2. The molecule has 1 saturated heterocycles. The molecule has 0 amide bonds. The molecule has 1 heterocycles. The van der Waals surface area contributed by atoms with Gasteiger partial charge in [-0.15, -0.1) is 0 Å². The second-order valence-electron chi connectivity index (χ2n) is 4.18. The van der Waals surface area contributed by atoms with Crippen LogP contribution in [-0.2, 0) is 14.3 Å². The van der Waals surface area contributed by atoms with Crippen LogP contribution in [0.1, 0.15) is 27.7 Å². The summed E-state index contributed by atoms with van der Waals surface area (Å²) in [5.74, 6) is 0.118. The van der Waals surface area contributed by atoms with E-state index in [-0.39, 0.29) is 11.2 Å². The molecule has 0 aromatic rings. The van der Waals surface area contributed by atoms with Crippen LogP contribution in [0.2, 0.25) is 0 Å². The second kappa shape index (κ2) is 1.98. The maximum absolute atomic E-state index is 11.0. The van der Waals surface area contributed by atoms with Crippen LogP contribution < -0.4 is 0 Å². The van der Waals surface area contributed by atoms with Crippen molar-refractivity contribution in [3.05, 3.63) is 0 Å². The highest BCUT2D eigenvalue weighted by molar-refractivity contribution is 7.87. The highest BCUT2D eigenvalue weighted by Crippen LogP contribution is 2.42. The summed E-state index contributed by atoms with van der Waals surface area (Å²) >= 11 is 0. The number of hydrogen-bond acceptors (Lipinski definition) is 3. The summed E-state index contributed by atoms with van der Waals surface area (Å²) in [4.78, 5) is 0. The molecule has 0 radical (unpaired) electrons. The molecular formula is C7H14O3S. The van der Waals surface area contributed by atoms with Crippen molar-refractivity contribution >= 4 is 10.1 Å². The maximum Gasteiger partial charge on any atom is 0.268 e. The summed E-state index contributed by atoms with van der Waals surface area (Å²) < 4.78 is 27.0. The van der Waals surface area contributed by atoms with E-state index in [9.17, 15) is 8.42 Å². The molecular weight excluding hydrogens is 164 g/mol. The Morgan fingerprint density at radius 3 is 1.73 bits per heavy atom. The van der Waals surface area contributed by atoms with E-state index in [1.165, 1.54) is 0 Å². The highest BCUT2D eigenvalue weighted by Gasteiger charge is 2.51. The zero-order valence-corrected chi connectivity index (χ0v) is 8.16. The Bertz CT molecular complexity index is 239. The lowest BCUT2D eigenvalue weighted by Gasteiger charge is -2.30. The number of rotatable bonds is 0. The van der Waals surface area contributed by atoms with Crippen LogP contribution in [0.3, 0.4) is 0 Å². The fourth-order valence-corrected chi connectivity index (χ4v) is 3.23. The van der Waals surface area contributed by atoms with Crippen molar-refractivity contribution in [1.29, 1.82) is 0 Å². The van der Waals surface area contributed by atoms with E-state index in [1.807, 2.05) is 13.8 Å². The average molecular weight is 178 g/mol. The largest absolute Gasteiger partial charge is 0.268 e. The molecule has 0 bridgehead atoms. The van der Waals surface area contributed by atoms with Crippen molar-refractivity contribution in [2.45, 2.75) is 33.3 Å². The van der Waals surface area contributed by atoms with Gasteiger partial charge in [0.05, 0.1) is 11.4 Å². The predicted molar refractivity (Wildman–Crippen MR) is 42.7 cm³/mol. The number of hydrogen-bond donors (Lipinski definition) is 0. The first kappa shape index (κ1) is 9.00. The zero-order valence-electron chi connectivity index (χ0n) is 7.34. The molecule has 0 N–H and O–H groups in total. The third-order valence-electron chi connectivity index (χ3n) is 2.50. The van der Waals surface area contributed by atoms with Crippen LogP contribution in [0, 0.1) is 5.41 Å². The molecule has 0 spiro atoms. The monoisotopic (exact) mass is 178 g/mol. The molecule has 1 fully saturated rings. The maximum atomic E-state index is 11.0. The first-order valence-corrected chi connectivity index (χ1v) is 5.17. The Labute approximate surface area is 67.9 Å². The molecule has 1 aliphatic rings. The summed E-state index contributed by atoms with van der Waals surface area (Å²) in [6.07, 6.45) is 0. The van der Waals surface area contributed by atoms with Crippen molar-refractivity contribution < 1.29 is 12.6 Å². The quantitative estimate of drug-likeness (QED) is 0.523. The normalized spacial score (nSPS) is 32.0. The topological polar surface area (TPSA) is 43.4 Å². The smallest absolute Gasteiger partial charge is 0.263 e. The van der Waals surface area contributed by atoms with Crippen LogP contribution in [0.25, 0.3) is 0 Å². The molecule has 0 aromatic carbocycles. The van der Waals surface area contributed by atoms with Gasteiger partial charge in [-0.1, -0.05) is 13.8 Å². The van der Waals surface area contributed by atoms with Crippen LogP contribution in [0.4, 0.5) is 0 Å². The van der Waals surface area contributed by atoms with Gasteiger partial charge in [-0.3, -0.25) is 4.18 Å². The minimum Gasteiger partial charge on any atom is -0.263 e. The first-order chi connectivity index (χ1) is 4.66. The molecule has 0 atom stereocenters. The Balaban J connectivity index is 3.08. The molecule has 0 saturated carbocycles. The molecule has 0 aromatic heterocycles. The molecule has 0 aliphatic carbocycles. The average Bonchev–Trinajstić information content (AvgIpc) is 1.66. The van der Waals surface area contributed by atoms with Gasteiger partial charge in [0.15, 0.2) is 0 Å². The lowest BCUT2D eigenvalue weighted by atomic mass is 9.79. The van der Waals surface area contributed by atoms with Gasteiger partial charge in [-0.2, -0.15) is 8.42 Å². The molecule has 1 aliphatic heterocycles. The van der Waals surface area contributed by atoms with Crippen LogP contribution in [-0.4, -0.2) is 19.8 Å². The van der Waals surface area contributed by atoms with E-state index in [1.54, 1.807) is 13.8 Å². The molecule has 4 heteroatoms. The summed E-state index contributed by atoms with van der Waals surface area (Å²) in [6.45, 7) is 7.41. The van der Waals surface area contributed by atoms with E-state index in [2.05, 4.69) is 0 Å². The lowest BCUT2D eigenvalue weighted by Crippen LogP contribution is -2.36. The third-order valence-corrected chi connectivity index (χ3v) is 4.25. The molecule has 1 rings (SSSR count). The second-order valence-corrected chi connectivity index (χ2v) is 5.75. The standard InChI is InChI=1S/C7H14O3S/c1-6(2)5-11(8,9)10-7(6,3)4/h5H2,1-4H3. The molecule has 3 nitrogen and oxygen atoms in total. The van der Waals surface area contributed by atoms with Gasteiger partial charge in [-0.25, -0.2) is 0 Å². The lowest BCUT2D eigenvalue weighted by molar-refractivity contribution is 0.0422. The van der Waals surface area contributed by atoms with Gasteiger partial charge in [-0.05, 0) is 13.8 Å².